The number of aliphatic hydroxyl groups is 2. The molecule has 0 unspecified atom stereocenters. The molecule has 0 bridgehead atoms. The maximum atomic E-state index is 12.8. The van der Waals surface area contributed by atoms with Crippen LogP contribution in [0, 0.1) is 0 Å². The molecule has 8 heteroatoms. The van der Waals surface area contributed by atoms with Crippen molar-refractivity contribution in [3.8, 4) is 11.5 Å². The highest BCUT2D eigenvalue weighted by Crippen LogP contribution is 2.45. The SMILES string of the molecule is CN(C)CCNC1=CC(=O)c2c(O)c3c(c(O)c2C1=O)C[C@](C)(O)[C@H](O)C3. The summed E-state index contributed by atoms with van der Waals surface area (Å²) in [6, 6.07) is 0. The molecule has 0 heterocycles. The van der Waals surface area contributed by atoms with Crippen LogP contribution in [0.4, 0.5) is 0 Å². The maximum Gasteiger partial charge on any atom is 0.213 e. The molecule has 8 nitrogen and oxygen atoms in total. The highest BCUT2D eigenvalue weighted by atomic mass is 16.3. The van der Waals surface area contributed by atoms with Gasteiger partial charge in [-0.3, -0.25) is 9.59 Å². The Kier molecular flexibility index (Phi) is 4.75. The number of aromatic hydroxyl groups is 2. The van der Waals surface area contributed by atoms with Crippen LogP contribution in [-0.2, 0) is 12.8 Å². The van der Waals surface area contributed by atoms with Gasteiger partial charge in [0.25, 0.3) is 0 Å². The Morgan fingerprint density at radius 3 is 2.44 bits per heavy atom. The standard InChI is InChI=1S/C19H24N2O6/c1-19(27)8-10-9(6-13(19)23)16(24)14-12(22)7-11(20-4-5-21(2)3)18(26)15(14)17(10)25/h7,13,20,23-25,27H,4-6,8H2,1-3H3/t13-,19+/m1/s1. The fraction of sp³-hybridized carbons (Fsp3) is 0.474. The molecule has 146 valence electrons. The number of allylic oxidation sites excluding steroid dienone is 2. The van der Waals surface area contributed by atoms with Crippen LogP contribution in [0.1, 0.15) is 38.8 Å². The Hall–Kier alpha value is -2.42. The Morgan fingerprint density at radius 2 is 1.81 bits per heavy atom. The molecular formula is C19H24N2O6. The highest BCUT2D eigenvalue weighted by molar-refractivity contribution is 6.26. The average molecular weight is 376 g/mol. The van der Waals surface area contributed by atoms with E-state index in [1.165, 1.54) is 6.92 Å². The van der Waals surface area contributed by atoms with E-state index in [0.717, 1.165) is 6.08 Å². The number of Topliss-reactive ketones (excluding diaryl/α,β-unsaturated/α-hetero) is 1. The lowest BCUT2D eigenvalue weighted by Crippen LogP contribution is -2.46. The molecule has 2 atom stereocenters. The second-order valence-electron chi connectivity index (χ2n) is 7.64. The van der Waals surface area contributed by atoms with E-state index in [1.54, 1.807) is 0 Å². The second kappa shape index (κ2) is 6.63. The Morgan fingerprint density at radius 1 is 1.19 bits per heavy atom. The molecule has 1 aromatic carbocycles. The minimum Gasteiger partial charge on any atom is -0.507 e. The van der Waals surface area contributed by atoms with Crippen LogP contribution in [0.5, 0.6) is 11.5 Å². The lowest BCUT2D eigenvalue weighted by Gasteiger charge is -2.36. The fourth-order valence-corrected chi connectivity index (χ4v) is 3.53. The number of nitrogens with zero attached hydrogens (tertiary/aromatic N) is 1. The van der Waals surface area contributed by atoms with Crippen molar-refractivity contribution in [3.63, 3.8) is 0 Å². The lowest BCUT2D eigenvalue weighted by atomic mass is 9.75. The third kappa shape index (κ3) is 3.20. The molecule has 5 N–H and O–H groups in total. The van der Waals surface area contributed by atoms with E-state index in [2.05, 4.69) is 5.32 Å². The molecule has 0 radical (unpaired) electrons. The summed E-state index contributed by atoms with van der Waals surface area (Å²) in [6.07, 6.45) is -0.332. The zero-order valence-electron chi connectivity index (χ0n) is 15.5. The summed E-state index contributed by atoms with van der Waals surface area (Å²) >= 11 is 0. The summed E-state index contributed by atoms with van der Waals surface area (Å²) < 4.78 is 0. The number of likely N-dealkylation sites (N-methyl/N-ethyl adjacent to an activating group) is 1. The molecule has 0 amide bonds. The summed E-state index contributed by atoms with van der Waals surface area (Å²) in [5, 5.41) is 44.6. The maximum absolute atomic E-state index is 12.8. The largest absolute Gasteiger partial charge is 0.507 e. The number of carbonyl (C=O) groups is 2. The number of phenolic OH excluding ortho intramolecular Hbond substituents is 2. The Bertz CT molecular complexity index is 856. The predicted molar refractivity (Wildman–Crippen MR) is 97.1 cm³/mol. The minimum atomic E-state index is -1.52. The van der Waals surface area contributed by atoms with Crippen molar-refractivity contribution in [2.45, 2.75) is 31.5 Å². The number of phenols is 2. The van der Waals surface area contributed by atoms with Gasteiger partial charge in [-0.05, 0) is 21.0 Å². The van der Waals surface area contributed by atoms with Crippen molar-refractivity contribution in [2.75, 3.05) is 27.2 Å². The normalized spacial score (nSPS) is 24.5. The zero-order chi connectivity index (χ0) is 20.1. The molecule has 2 aliphatic rings. The number of nitrogens with one attached hydrogen (secondary N) is 1. The number of hydrogen-bond acceptors (Lipinski definition) is 8. The van der Waals surface area contributed by atoms with E-state index in [-0.39, 0.29) is 40.8 Å². The quantitative estimate of drug-likeness (QED) is 0.454. The molecule has 0 fully saturated rings. The smallest absolute Gasteiger partial charge is 0.213 e. The predicted octanol–water partition coefficient (Wildman–Crippen LogP) is -0.278. The van der Waals surface area contributed by atoms with Crippen LogP contribution < -0.4 is 5.32 Å². The van der Waals surface area contributed by atoms with Crippen molar-refractivity contribution in [2.24, 2.45) is 0 Å². The van der Waals surface area contributed by atoms with Crippen molar-refractivity contribution in [1.82, 2.24) is 10.2 Å². The average Bonchev–Trinajstić information content (AvgIpc) is 2.56. The van der Waals surface area contributed by atoms with Gasteiger partial charge in [0, 0.05) is 43.1 Å². The molecule has 0 aromatic heterocycles. The number of rotatable bonds is 4. The summed E-state index contributed by atoms with van der Waals surface area (Å²) in [5.74, 6) is -2.04. The molecule has 0 saturated carbocycles. The second-order valence-corrected chi connectivity index (χ2v) is 7.64. The minimum absolute atomic E-state index is 0.0478. The molecule has 1 aromatic rings. The van der Waals surface area contributed by atoms with Gasteiger partial charge >= 0.3 is 0 Å². The topological polar surface area (TPSA) is 130 Å². The number of fused-ring (bicyclic) bond motifs is 2. The van der Waals surface area contributed by atoms with Gasteiger partial charge < -0.3 is 30.6 Å². The summed E-state index contributed by atoms with van der Waals surface area (Å²) in [5.41, 5.74) is -1.63. The molecular weight excluding hydrogens is 352 g/mol. The molecule has 27 heavy (non-hydrogen) atoms. The first-order valence-corrected chi connectivity index (χ1v) is 8.74. The fourth-order valence-electron chi connectivity index (χ4n) is 3.53. The Labute approximate surface area is 156 Å². The van der Waals surface area contributed by atoms with Gasteiger partial charge in [0.05, 0.1) is 28.5 Å². The molecule has 0 aliphatic heterocycles. The number of benzene rings is 1. The van der Waals surface area contributed by atoms with Crippen molar-refractivity contribution in [3.05, 3.63) is 34.0 Å². The van der Waals surface area contributed by atoms with Gasteiger partial charge in [-0.15, -0.1) is 0 Å². The van der Waals surface area contributed by atoms with Crippen LogP contribution in [0.2, 0.25) is 0 Å². The van der Waals surface area contributed by atoms with Crippen LogP contribution in [0.3, 0.4) is 0 Å². The van der Waals surface area contributed by atoms with Crippen LogP contribution in [0.25, 0.3) is 0 Å². The first-order valence-electron chi connectivity index (χ1n) is 8.74. The first-order chi connectivity index (χ1) is 12.5. The van der Waals surface area contributed by atoms with Gasteiger partial charge in [0.2, 0.25) is 5.78 Å². The molecule has 2 aliphatic carbocycles. The van der Waals surface area contributed by atoms with Crippen LogP contribution in [-0.4, -0.2) is 75.8 Å². The summed E-state index contributed by atoms with van der Waals surface area (Å²) in [4.78, 5) is 27.3. The van der Waals surface area contributed by atoms with Crippen LogP contribution in [0.15, 0.2) is 11.8 Å². The first kappa shape index (κ1) is 19.3. The van der Waals surface area contributed by atoms with Crippen LogP contribution >= 0.6 is 0 Å². The van der Waals surface area contributed by atoms with Crippen molar-refractivity contribution in [1.29, 1.82) is 0 Å². The molecule has 0 saturated heterocycles. The van der Waals surface area contributed by atoms with E-state index >= 15 is 0 Å². The van der Waals surface area contributed by atoms with Gasteiger partial charge in [0.15, 0.2) is 5.78 Å². The number of aliphatic hydroxyl groups excluding tert-OH is 1. The highest BCUT2D eigenvalue weighted by Gasteiger charge is 2.42. The summed E-state index contributed by atoms with van der Waals surface area (Å²) in [7, 11) is 3.74. The van der Waals surface area contributed by atoms with E-state index in [4.69, 9.17) is 0 Å². The number of hydrogen-bond donors (Lipinski definition) is 5. The third-order valence-electron chi connectivity index (χ3n) is 5.18. The van der Waals surface area contributed by atoms with E-state index in [1.807, 2.05) is 19.0 Å². The molecule has 0 spiro atoms. The van der Waals surface area contributed by atoms with Gasteiger partial charge in [-0.1, -0.05) is 0 Å². The van der Waals surface area contributed by atoms with E-state index in [9.17, 15) is 30.0 Å². The third-order valence-corrected chi connectivity index (χ3v) is 5.18. The lowest BCUT2D eigenvalue weighted by molar-refractivity contribution is -0.0668. The van der Waals surface area contributed by atoms with Gasteiger partial charge in [-0.25, -0.2) is 0 Å². The zero-order valence-corrected chi connectivity index (χ0v) is 15.5. The summed E-state index contributed by atoms with van der Waals surface area (Å²) in [6.45, 7) is 2.47. The monoisotopic (exact) mass is 376 g/mol. The molecule has 3 rings (SSSR count). The van der Waals surface area contributed by atoms with Crippen molar-refractivity contribution < 1.29 is 30.0 Å². The van der Waals surface area contributed by atoms with Crippen molar-refractivity contribution >= 4 is 11.6 Å². The Balaban J connectivity index is 2.06. The number of carbonyl (C=O) groups excluding carboxylic acids is 2. The van der Waals surface area contributed by atoms with E-state index < -0.39 is 34.8 Å². The van der Waals surface area contributed by atoms with E-state index in [0.29, 0.717) is 13.1 Å². The van der Waals surface area contributed by atoms with Gasteiger partial charge in [0.1, 0.15) is 11.5 Å². The van der Waals surface area contributed by atoms with Gasteiger partial charge in [-0.2, -0.15) is 0 Å². The number of ketones is 2.